The minimum Gasteiger partial charge on any atom is -0.461 e. The van der Waals surface area contributed by atoms with E-state index in [1.54, 1.807) is 30.0 Å². The first-order valence-corrected chi connectivity index (χ1v) is 10.5. The van der Waals surface area contributed by atoms with Crippen LogP contribution in [0.4, 0.5) is 5.69 Å². The lowest BCUT2D eigenvalue weighted by molar-refractivity contribution is 0.102. The van der Waals surface area contributed by atoms with Crippen molar-refractivity contribution in [3.63, 3.8) is 0 Å². The summed E-state index contributed by atoms with van der Waals surface area (Å²) in [6, 6.07) is 17.2. The number of anilines is 1. The van der Waals surface area contributed by atoms with E-state index in [-0.39, 0.29) is 5.91 Å². The number of aryl methyl sites for hydroxylation is 2. The van der Waals surface area contributed by atoms with E-state index in [0.29, 0.717) is 40.2 Å². The van der Waals surface area contributed by atoms with Gasteiger partial charge in [-0.1, -0.05) is 41.4 Å². The van der Waals surface area contributed by atoms with Gasteiger partial charge in [0.15, 0.2) is 11.6 Å². The van der Waals surface area contributed by atoms with Crippen LogP contribution in [0.25, 0.3) is 22.6 Å². The third-order valence-corrected chi connectivity index (χ3v) is 5.62. The van der Waals surface area contributed by atoms with Gasteiger partial charge in [0.25, 0.3) is 5.91 Å². The lowest BCUT2D eigenvalue weighted by atomic mass is 10.1. The van der Waals surface area contributed by atoms with Crippen LogP contribution in [0, 0.1) is 13.8 Å². The quantitative estimate of drug-likeness (QED) is 0.369. The Morgan fingerprint density at radius 3 is 2.72 bits per heavy atom. The summed E-state index contributed by atoms with van der Waals surface area (Å²) in [7, 11) is 0. The summed E-state index contributed by atoms with van der Waals surface area (Å²) in [5, 5.41) is 7.69. The van der Waals surface area contributed by atoms with Gasteiger partial charge in [-0.25, -0.2) is 9.67 Å². The number of hydrogen-bond acceptors (Lipinski definition) is 4. The van der Waals surface area contributed by atoms with Crippen LogP contribution in [0.15, 0.2) is 65.3 Å². The van der Waals surface area contributed by atoms with Crippen molar-refractivity contribution >= 4 is 34.2 Å². The molecule has 8 heteroatoms. The molecule has 0 aliphatic heterocycles. The molecule has 0 fully saturated rings. The third-order valence-electron chi connectivity index (χ3n) is 5.24. The molecule has 0 saturated carbocycles. The Labute approximate surface area is 189 Å². The number of benzene rings is 2. The van der Waals surface area contributed by atoms with Gasteiger partial charge in [0.05, 0.1) is 35.1 Å². The monoisotopic (exact) mass is 445 g/mol. The molecule has 0 spiro atoms. The average molecular weight is 446 g/mol. The number of nitrogens with zero attached hydrogens (tertiary/aromatic N) is 3. The number of carbonyl (C=O) groups is 1. The predicted octanol–water partition coefficient (Wildman–Crippen LogP) is 5.59. The third kappa shape index (κ3) is 3.78. The number of halogens is 1. The van der Waals surface area contributed by atoms with Crippen molar-refractivity contribution in [1.82, 2.24) is 19.7 Å². The molecular weight excluding hydrogens is 426 g/mol. The number of furan rings is 1. The molecule has 1 amide bonds. The van der Waals surface area contributed by atoms with Crippen molar-refractivity contribution in [3.05, 3.63) is 88.4 Å². The zero-order chi connectivity index (χ0) is 22.2. The van der Waals surface area contributed by atoms with E-state index in [1.807, 2.05) is 49.4 Å². The first kappa shape index (κ1) is 20.1. The van der Waals surface area contributed by atoms with Crippen molar-refractivity contribution in [3.8, 4) is 11.6 Å². The number of nitrogens with one attached hydrogen (secondary N) is 2. The van der Waals surface area contributed by atoms with E-state index in [9.17, 15) is 4.79 Å². The second kappa shape index (κ2) is 8.01. The van der Waals surface area contributed by atoms with Crippen LogP contribution in [0.2, 0.25) is 5.15 Å². The molecule has 0 atom stereocenters. The molecule has 0 aliphatic carbocycles. The maximum Gasteiger partial charge on any atom is 0.260 e. The second-order valence-electron chi connectivity index (χ2n) is 7.64. The Hall–Kier alpha value is -3.84. The largest absolute Gasteiger partial charge is 0.461 e. The van der Waals surface area contributed by atoms with Crippen molar-refractivity contribution in [2.45, 2.75) is 20.4 Å². The van der Waals surface area contributed by atoms with Gasteiger partial charge in [0, 0.05) is 5.69 Å². The van der Waals surface area contributed by atoms with Gasteiger partial charge in [-0.3, -0.25) is 4.79 Å². The number of amides is 1. The minimum absolute atomic E-state index is 0.309. The fraction of sp³-hybridized carbons (Fsp3) is 0.125. The SMILES string of the molecule is Cc1ccc(Cn2nc(C)c(C(=O)Nc3ccc4nc(-c5ccco5)[nH]c4c3)c2Cl)cc1. The highest BCUT2D eigenvalue weighted by atomic mass is 35.5. The number of carbonyl (C=O) groups excluding carboxylic acids is 1. The van der Waals surface area contributed by atoms with E-state index in [0.717, 1.165) is 16.6 Å². The molecule has 0 saturated heterocycles. The van der Waals surface area contributed by atoms with E-state index in [1.165, 1.54) is 5.56 Å². The van der Waals surface area contributed by atoms with Crippen LogP contribution in [-0.4, -0.2) is 25.7 Å². The van der Waals surface area contributed by atoms with Gasteiger partial charge in [-0.2, -0.15) is 5.10 Å². The number of aromatic nitrogens is 4. The lowest BCUT2D eigenvalue weighted by Gasteiger charge is -2.06. The van der Waals surface area contributed by atoms with Crippen LogP contribution in [0.1, 0.15) is 27.2 Å². The van der Waals surface area contributed by atoms with E-state index < -0.39 is 0 Å². The van der Waals surface area contributed by atoms with Gasteiger partial charge in [-0.05, 0) is 49.7 Å². The smallest absolute Gasteiger partial charge is 0.260 e. The van der Waals surface area contributed by atoms with E-state index in [2.05, 4.69) is 20.4 Å². The fourth-order valence-electron chi connectivity index (χ4n) is 3.59. The Morgan fingerprint density at radius 2 is 1.97 bits per heavy atom. The molecule has 3 aromatic heterocycles. The standard InChI is InChI=1S/C24H20ClN5O2/c1-14-5-7-16(8-6-14)13-30-22(25)21(15(2)29-30)24(31)26-17-9-10-18-19(12-17)28-23(27-18)20-4-3-11-32-20/h3-12H,13H2,1-2H3,(H,26,31)(H,27,28). The number of hydrogen-bond donors (Lipinski definition) is 2. The molecule has 0 unspecified atom stereocenters. The van der Waals surface area contributed by atoms with E-state index >= 15 is 0 Å². The van der Waals surface area contributed by atoms with Gasteiger partial charge in [0.2, 0.25) is 0 Å². The summed E-state index contributed by atoms with van der Waals surface area (Å²) >= 11 is 6.54. The Morgan fingerprint density at radius 1 is 1.16 bits per heavy atom. The summed E-state index contributed by atoms with van der Waals surface area (Å²) in [5.74, 6) is 0.965. The summed E-state index contributed by atoms with van der Waals surface area (Å²) in [4.78, 5) is 20.7. The summed E-state index contributed by atoms with van der Waals surface area (Å²) in [6.45, 7) is 4.30. The van der Waals surface area contributed by atoms with Crippen molar-refractivity contribution in [2.75, 3.05) is 5.32 Å². The Bertz CT molecular complexity index is 1420. The highest BCUT2D eigenvalue weighted by Crippen LogP contribution is 2.25. The fourth-order valence-corrected chi connectivity index (χ4v) is 3.91. The summed E-state index contributed by atoms with van der Waals surface area (Å²) in [5.41, 5.74) is 5.36. The Kier molecular flexibility index (Phi) is 5.03. The molecule has 5 aromatic rings. The first-order chi connectivity index (χ1) is 15.5. The van der Waals surface area contributed by atoms with Gasteiger partial charge < -0.3 is 14.7 Å². The summed E-state index contributed by atoms with van der Waals surface area (Å²) < 4.78 is 7.03. The van der Waals surface area contributed by atoms with Crippen LogP contribution < -0.4 is 5.32 Å². The molecule has 5 rings (SSSR count). The number of aromatic amines is 1. The molecule has 2 aromatic carbocycles. The first-order valence-electron chi connectivity index (χ1n) is 10.1. The van der Waals surface area contributed by atoms with Crippen LogP contribution in [0.3, 0.4) is 0 Å². The minimum atomic E-state index is -0.312. The zero-order valence-corrected chi connectivity index (χ0v) is 18.3. The highest BCUT2D eigenvalue weighted by Gasteiger charge is 2.21. The van der Waals surface area contributed by atoms with Gasteiger partial charge in [-0.15, -0.1) is 0 Å². The molecular formula is C24H20ClN5O2. The maximum atomic E-state index is 13.0. The highest BCUT2D eigenvalue weighted by molar-refractivity contribution is 6.33. The van der Waals surface area contributed by atoms with Crippen molar-refractivity contribution in [1.29, 1.82) is 0 Å². The normalized spacial score (nSPS) is 11.2. The van der Waals surface area contributed by atoms with Crippen molar-refractivity contribution < 1.29 is 9.21 Å². The second-order valence-corrected chi connectivity index (χ2v) is 8.00. The van der Waals surface area contributed by atoms with Crippen molar-refractivity contribution in [2.24, 2.45) is 0 Å². The zero-order valence-electron chi connectivity index (χ0n) is 17.5. The van der Waals surface area contributed by atoms with Gasteiger partial charge in [0.1, 0.15) is 5.15 Å². The molecule has 160 valence electrons. The Balaban J connectivity index is 1.38. The number of fused-ring (bicyclic) bond motifs is 1. The molecule has 0 aliphatic rings. The maximum absolute atomic E-state index is 13.0. The molecule has 0 radical (unpaired) electrons. The van der Waals surface area contributed by atoms with Gasteiger partial charge >= 0.3 is 0 Å². The number of rotatable bonds is 5. The topological polar surface area (TPSA) is 88.7 Å². The summed E-state index contributed by atoms with van der Waals surface area (Å²) in [6.07, 6.45) is 1.60. The van der Waals surface area contributed by atoms with Crippen LogP contribution >= 0.6 is 11.6 Å². The molecule has 32 heavy (non-hydrogen) atoms. The number of imidazole rings is 1. The number of H-pyrrole nitrogens is 1. The molecule has 2 N–H and O–H groups in total. The van der Waals surface area contributed by atoms with E-state index in [4.69, 9.17) is 16.0 Å². The predicted molar refractivity (Wildman–Crippen MR) is 124 cm³/mol. The average Bonchev–Trinajstić information content (AvgIpc) is 3.49. The van der Waals surface area contributed by atoms with Crippen LogP contribution in [0.5, 0.6) is 0 Å². The molecule has 0 bridgehead atoms. The molecule has 3 heterocycles. The lowest BCUT2D eigenvalue weighted by Crippen LogP contribution is -2.13. The van der Waals surface area contributed by atoms with Crippen LogP contribution in [-0.2, 0) is 6.54 Å². The molecule has 7 nitrogen and oxygen atoms in total.